The van der Waals surface area contributed by atoms with E-state index in [1.165, 1.54) is 12.8 Å². The first-order chi connectivity index (χ1) is 9.58. The van der Waals surface area contributed by atoms with Crippen LogP contribution in [0, 0.1) is 5.92 Å². The lowest BCUT2D eigenvalue weighted by atomic mass is 10.0. The number of anilines is 1. The maximum atomic E-state index is 5.71. The molecule has 1 atom stereocenters. The molecule has 0 saturated carbocycles. The number of benzene rings is 1. The first-order valence-corrected chi connectivity index (χ1v) is 7.21. The highest BCUT2D eigenvalue weighted by Gasteiger charge is 2.14. The molecule has 1 unspecified atom stereocenters. The Bertz CT molecular complexity index is 529. The summed E-state index contributed by atoms with van der Waals surface area (Å²) in [7, 11) is 0. The van der Waals surface area contributed by atoms with Gasteiger partial charge in [-0.3, -0.25) is 0 Å². The van der Waals surface area contributed by atoms with Crippen molar-refractivity contribution < 1.29 is 0 Å². The summed E-state index contributed by atoms with van der Waals surface area (Å²) in [6.45, 7) is 6.67. The summed E-state index contributed by atoms with van der Waals surface area (Å²) < 4.78 is 1.91. The average molecular weight is 273 g/mol. The number of tetrazole rings is 1. The van der Waals surface area contributed by atoms with Crippen LogP contribution >= 0.6 is 0 Å². The molecular formula is C15H23N5. The summed E-state index contributed by atoms with van der Waals surface area (Å²) >= 11 is 0. The smallest absolute Gasteiger partial charge is 0.182 e. The highest BCUT2D eigenvalue weighted by Crippen LogP contribution is 2.23. The molecule has 0 fully saturated rings. The van der Waals surface area contributed by atoms with Gasteiger partial charge >= 0.3 is 0 Å². The fourth-order valence-corrected chi connectivity index (χ4v) is 2.26. The number of nitrogens with two attached hydrogens (primary N) is 1. The lowest BCUT2D eigenvalue weighted by molar-refractivity contribution is 0.414. The summed E-state index contributed by atoms with van der Waals surface area (Å²) in [5.74, 6) is 1.55. The summed E-state index contributed by atoms with van der Waals surface area (Å²) in [6.07, 6.45) is 3.52. The standard InChI is InChI=1S/C15H23N5/c1-11(2)5-4-6-12(3)20-15(17-18-19-20)13-7-9-14(16)10-8-13/h7-12H,4-6,16H2,1-3H3. The van der Waals surface area contributed by atoms with Gasteiger partial charge < -0.3 is 5.73 Å². The quantitative estimate of drug-likeness (QED) is 0.820. The molecule has 0 aliphatic carbocycles. The van der Waals surface area contributed by atoms with Crippen molar-refractivity contribution in [3.8, 4) is 11.4 Å². The molecule has 0 amide bonds. The van der Waals surface area contributed by atoms with Gasteiger partial charge in [-0.15, -0.1) is 5.10 Å². The minimum atomic E-state index is 0.302. The second kappa shape index (κ2) is 6.50. The van der Waals surface area contributed by atoms with E-state index >= 15 is 0 Å². The third kappa shape index (κ3) is 3.56. The molecule has 0 spiro atoms. The van der Waals surface area contributed by atoms with Crippen molar-refractivity contribution in [2.75, 3.05) is 5.73 Å². The molecule has 5 heteroatoms. The Morgan fingerprint density at radius 2 is 1.80 bits per heavy atom. The maximum Gasteiger partial charge on any atom is 0.182 e. The van der Waals surface area contributed by atoms with Gasteiger partial charge in [0.2, 0.25) is 0 Å². The molecule has 0 aliphatic heterocycles. The molecule has 2 N–H and O–H groups in total. The summed E-state index contributed by atoms with van der Waals surface area (Å²) in [5.41, 5.74) is 7.46. The molecule has 5 nitrogen and oxygen atoms in total. The van der Waals surface area contributed by atoms with E-state index in [4.69, 9.17) is 5.73 Å². The Morgan fingerprint density at radius 3 is 2.45 bits per heavy atom. The Morgan fingerprint density at radius 1 is 1.10 bits per heavy atom. The van der Waals surface area contributed by atoms with E-state index in [0.29, 0.717) is 6.04 Å². The first-order valence-electron chi connectivity index (χ1n) is 7.21. The van der Waals surface area contributed by atoms with Crippen LogP contribution in [0.1, 0.15) is 46.1 Å². The van der Waals surface area contributed by atoms with Crippen LogP contribution in [-0.2, 0) is 0 Å². The Balaban J connectivity index is 2.09. The summed E-state index contributed by atoms with van der Waals surface area (Å²) in [5, 5.41) is 12.1. The van der Waals surface area contributed by atoms with Crippen LogP contribution in [0.4, 0.5) is 5.69 Å². The largest absolute Gasteiger partial charge is 0.399 e. The molecule has 20 heavy (non-hydrogen) atoms. The number of nitrogen functional groups attached to an aromatic ring is 1. The third-order valence-corrected chi connectivity index (χ3v) is 3.48. The average Bonchev–Trinajstić information content (AvgIpc) is 2.88. The molecule has 1 aromatic heterocycles. The van der Waals surface area contributed by atoms with Crippen molar-refractivity contribution in [2.45, 2.75) is 46.1 Å². The molecule has 1 heterocycles. The fourth-order valence-electron chi connectivity index (χ4n) is 2.26. The lowest BCUT2D eigenvalue weighted by Crippen LogP contribution is -2.09. The number of aromatic nitrogens is 4. The van der Waals surface area contributed by atoms with Gasteiger partial charge in [-0.25, -0.2) is 4.68 Å². The predicted octanol–water partition coefficient (Wildman–Crippen LogP) is 3.31. The molecule has 1 aromatic carbocycles. The highest BCUT2D eigenvalue weighted by molar-refractivity contribution is 5.58. The van der Waals surface area contributed by atoms with Crippen molar-refractivity contribution in [2.24, 2.45) is 5.92 Å². The van der Waals surface area contributed by atoms with E-state index in [1.807, 2.05) is 28.9 Å². The van der Waals surface area contributed by atoms with Gasteiger partial charge in [0.1, 0.15) is 0 Å². The lowest BCUT2D eigenvalue weighted by Gasteiger charge is -2.14. The van der Waals surface area contributed by atoms with Crippen LogP contribution in [0.15, 0.2) is 24.3 Å². The zero-order chi connectivity index (χ0) is 14.5. The van der Waals surface area contributed by atoms with Gasteiger partial charge in [-0.1, -0.05) is 26.7 Å². The zero-order valence-electron chi connectivity index (χ0n) is 12.5. The Kier molecular flexibility index (Phi) is 4.71. The van der Waals surface area contributed by atoms with Crippen LogP contribution in [0.5, 0.6) is 0 Å². The molecule has 2 rings (SSSR count). The predicted molar refractivity (Wildman–Crippen MR) is 81.1 cm³/mol. The van der Waals surface area contributed by atoms with Gasteiger partial charge in [0, 0.05) is 11.3 Å². The molecule has 108 valence electrons. The Hall–Kier alpha value is -1.91. The van der Waals surface area contributed by atoms with Crippen LogP contribution in [0.3, 0.4) is 0 Å². The van der Waals surface area contributed by atoms with Gasteiger partial charge in [0.15, 0.2) is 5.82 Å². The van der Waals surface area contributed by atoms with Crippen molar-refractivity contribution in [3.05, 3.63) is 24.3 Å². The highest BCUT2D eigenvalue weighted by atomic mass is 15.5. The van der Waals surface area contributed by atoms with E-state index in [9.17, 15) is 0 Å². The number of rotatable bonds is 6. The number of hydrogen-bond acceptors (Lipinski definition) is 4. The monoisotopic (exact) mass is 273 g/mol. The SMILES string of the molecule is CC(C)CCCC(C)n1nnnc1-c1ccc(N)cc1. The summed E-state index contributed by atoms with van der Waals surface area (Å²) in [4.78, 5) is 0. The van der Waals surface area contributed by atoms with E-state index in [0.717, 1.165) is 29.4 Å². The topological polar surface area (TPSA) is 69.6 Å². The van der Waals surface area contributed by atoms with Crippen molar-refractivity contribution in [1.82, 2.24) is 20.2 Å². The van der Waals surface area contributed by atoms with Gasteiger partial charge in [-0.05, 0) is 54.0 Å². The molecule has 0 radical (unpaired) electrons. The van der Waals surface area contributed by atoms with Crippen LogP contribution in [0.25, 0.3) is 11.4 Å². The zero-order valence-corrected chi connectivity index (χ0v) is 12.5. The van der Waals surface area contributed by atoms with E-state index < -0.39 is 0 Å². The normalized spacial score (nSPS) is 12.8. The number of hydrogen-bond donors (Lipinski definition) is 1. The van der Waals surface area contributed by atoms with Crippen LogP contribution < -0.4 is 5.73 Å². The minimum absolute atomic E-state index is 0.302. The number of nitrogens with zero attached hydrogens (tertiary/aromatic N) is 4. The maximum absolute atomic E-state index is 5.71. The van der Waals surface area contributed by atoms with E-state index in [-0.39, 0.29) is 0 Å². The molecule has 0 bridgehead atoms. The molecule has 0 aliphatic rings. The van der Waals surface area contributed by atoms with Crippen LogP contribution in [-0.4, -0.2) is 20.2 Å². The molecular weight excluding hydrogens is 250 g/mol. The van der Waals surface area contributed by atoms with Gasteiger partial charge in [0.25, 0.3) is 0 Å². The van der Waals surface area contributed by atoms with E-state index in [2.05, 4.69) is 36.3 Å². The molecule has 2 aromatic rings. The van der Waals surface area contributed by atoms with Gasteiger partial charge in [0.05, 0.1) is 6.04 Å². The van der Waals surface area contributed by atoms with Crippen molar-refractivity contribution in [1.29, 1.82) is 0 Å². The van der Waals surface area contributed by atoms with Gasteiger partial charge in [-0.2, -0.15) is 0 Å². The molecule has 0 saturated heterocycles. The van der Waals surface area contributed by atoms with E-state index in [1.54, 1.807) is 0 Å². The van der Waals surface area contributed by atoms with Crippen LogP contribution in [0.2, 0.25) is 0 Å². The second-order valence-electron chi connectivity index (χ2n) is 5.74. The van der Waals surface area contributed by atoms with Crippen molar-refractivity contribution in [3.63, 3.8) is 0 Å². The second-order valence-corrected chi connectivity index (χ2v) is 5.74. The third-order valence-electron chi connectivity index (χ3n) is 3.48. The summed E-state index contributed by atoms with van der Waals surface area (Å²) in [6, 6.07) is 7.96. The Labute approximate surface area is 120 Å². The van der Waals surface area contributed by atoms with Crippen molar-refractivity contribution >= 4 is 5.69 Å². The minimum Gasteiger partial charge on any atom is -0.399 e. The fraction of sp³-hybridized carbons (Fsp3) is 0.533. The first kappa shape index (κ1) is 14.5.